The highest BCUT2D eigenvalue weighted by Gasteiger charge is 2.53. The molecule has 15 heteroatoms. The second-order valence-electron chi connectivity index (χ2n) is 13.7. The molecule has 2 aromatic carbocycles. The summed E-state index contributed by atoms with van der Waals surface area (Å²) in [5, 5.41) is 12.2. The smallest absolute Gasteiger partial charge is 0.399 e. The van der Waals surface area contributed by atoms with Crippen LogP contribution in [0.2, 0.25) is 5.02 Å². The number of amides is 3. The lowest BCUT2D eigenvalue weighted by Gasteiger charge is -2.39. The van der Waals surface area contributed by atoms with Gasteiger partial charge in [-0.05, 0) is 64.4 Å². The van der Waals surface area contributed by atoms with Gasteiger partial charge in [0, 0.05) is 53.2 Å². The van der Waals surface area contributed by atoms with Gasteiger partial charge in [-0.3, -0.25) is 24.2 Å². The van der Waals surface area contributed by atoms with Crippen molar-refractivity contribution in [2.24, 2.45) is 0 Å². The molecule has 260 valence electrons. The maximum Gasteiger partial charge on any atom is 0.497 e. The van der Waals surface area contributed by atoms with Crippen molar-refractivity contribution in [2.45, 2.75) is 88.6 Å². The van der Waals surface area contributed by atoms with Gasteiger partial charge in [0.2, 0.25) is 11.8 Å². The highest BCUT2D eigenvalue weighted by Crippen LogP contribution is 2.41. The first-order valence-electron chi connectivity index (χ1n) is 16.1. The molecule has 1 saturated carbocycles. The summed E-state index contributed by atoms with van der Waals surface area (Å²) >= 11 is 6.62. The first-order chi connectivity index (χ1) is 23.5. The fraction of sp³-hybridized carbons (Fsp3) is 0.400. The maximum atomic E-state index is 16.2. The largest absolute Gasteiger partial charge is 0.497 e. The molecule has 0 bridgehead atoms. The van der Waals surface area contributed by atoms with E-state index >= 15 is 4.39 Å². The van der Waals surface area contributed by atoms with Crippen LogP contribution in [0.25, 0.3) is 0 Å². The molecule has 3 amide bonds. The number of carbonyl (C=O) groups excluding carboxylic acids is 3. The summed E-state index contributed by atoms with van der Waals surface area (Å²) in [6.07, 6.45) is 0.0954. The number of rotatable bonds is 8. The number of nitriles is 1. The zero-order chi connectivity index (χ0) is 36.2. The first kappa shape index (κ1) is 35.4. The van der Waals surface area contributed by atoms with E-state index in [1.807, 2.05) is 33.8 Å². The number of anilines is 2. The molecule has 1 N–H and O–H groups in total. The normalized spacial score (nSPS) is 21.3. The monoisotopic (exact) mass is 707 g/mol. The van der Waals surface area contributed by atoms with E-state index in [9.17, 15) is 28.4 Å². The summed E-state index contributed by atoms with van der Waals surface area (Å²) in [6, 6.07) is 11.2. The highest BCUT2D eigenvalue weighted by atomic mass is 35.5. The Morgan fingerprint density at radius 3 is 2.40 bits per heavy atom. The van der Waals surface area contributed by atoms with Crippen LogP contribution in [-0.4, -0.2) is 59.0 Å². The third kappa shape index (κ3) is 6.57. The van der Waals surface area contributed by atoms with Crippen LogP contribution in [0.1, 0.15) is 70.5 Å². The Morgan fingerprint density at radius 2 is 1.78 bits per heavy atom. The van der Waals surface area contributed by atoms with Crippen LogP contribution in [0, 0.1) is 17.1 Å². The fourth-order valence-electron chi connectivity index (χ4n) is 6.35. The van der Waals surface area contributed by atoms with Crippen LogP contribution >= 0.6 is 11.6 Å². The number of carbonyl (C=O) groups is 3. The Hall–Kier alpha value is -4.45. The number of alkyl halides is 2. The van der Waals surface area contributed by atoms with Gasteiger partial charge in [-0.2, -0.15) is 5.26 Å². The van der Waals surface area contributed by atoms with Crippen LogP contribution < -0.4 is 20.6 Å². The highest BCUT2D eigenvalue weighted by molar-refractivity contribution is 6.62. The zero-order valence-electron chi connectivity index (χ0n) is 27.8. The minimum Gasteiger partial charge on any atom is -0.399 e. The molecule has 50 heavy (non-hydrogen) atoms. The van der Waals surface area contributed by atoms with Gasteiger partial charge in [-0.1, -0.05) is 35.9 Å². The van der Waals surface area contributed by atoms with Crippen LogP contribution in [-0.2, 0) is 23.7 Å². The molecule has 1 aliphatic carbocycles. The molecule has 3 fully saturated rings. The minimum absolute atomic E-state index is 0.00677. The van der Waals surface area contributed by atoms with Crippen molar-refractivity contribution in [3.05, 3.63) is 82.8 Å². The van der Waals surface area contributed by atoms with Crippen LogP contribution in [0.5, 0.6) is 0 Å². The molecular formula is C35H34BClF3N5O5. The Bertz CT molecular complexity index is 1880. The van der Waals surface area contributed by atoms with Gasteiger partial charge in [0.05, 0.1) is 22.8 Å². The molecule has 0 spiro atoms. The molecule has 2 saturated heterocycles. The summed E-state index contributed by atoms with van der Waals surface area (Å²) in [5.41, 5.74) is -1.24. The van der Waals surface area contributed by atoms with Crippen molar-refractivity contribution in [3.63, 3.8) is 0 Å². The second kappa shape index (κ2) is 13.0. The molecule has 6 rings (SSSR count). The van der Waals surface area contributed by atoms with Gasteiger partial charge in [0.1, 0.15) is 23.7 Å². The molecule has 3 aromatic rings. The predicted octanol–water partition coefficient (Wildman–Crippen LogP) is 5.23. The van der Waals surface area contributed by atoms with E-state index in [4.69, 9.17) is 20.9 Å². The average Bonchev–Trinajstić information content (AvgIpc) is 3.53. The number of halogens is 4. The van der Waals surface area contributed by atoms with E-state index in [0.29, 0.717) is 0 Å². The number of hydrogen-bond acceptors (Lipinski definition) is 7. The molecule has 10 nitrogen and oxygen atoms in total. The predicted molar refractivity (Wildman–Crippen MR) is 179 cm³/mol. The Morgan fingerprint density at radius 1 is 1.10 bits per heavy atom. The standard InChI is InChI=1S/C35H34BClF3N5O5/c1-33(2)34(3,4)50-36(49-33)24-10-9-22(16-26(24)38)44(32(48)27-11-12-29(46)45(27)28-15-20(19-41)13-14-42-28)30(23-7-5-6-8-25(23)37)31(47)43-21-17-35(39,40)18-21/h5-10,13-16,21,27,30H,11-12,17-18H2,1-4H3,(H,43,47). The van der Waals surface area contributed by atoms with Crippen molar-refractivity contribution in [3.8, 4) is 6.07 Å². The Balaban J connectivity index is 1.46. The van der Waals surface area contributed by atoms with E-state index in [-0.39, 0.29) is 46.0 Å². The van der Waals surface area contributed by atoms with Crippen molar-refractivity contribution in [1.82, 2.24) is 10.3 Å². The van der Waals surface area contributed by atoms with E-state index in [1.165, 1.54) is 42.6 Å². The zero-order valence-corrected chi connectivity index (χ0v) is 28.5. The van der Waals surface area contributed by atoms with Gasteiger partial charge in [0.15, 0.2) is 0 Å². The van der Waals surface area contributed by atoms with Crippen molar-refractivity contribution in [2.75, 3.05) is 9.80 Å². The van der Waals surface area contributed by atoms with Gasteiger partial charge in [-0.25, -0.2) is 18.2 Å². The molecule has 3 aliphatic rings. The SMILES string of the molecule is CC1(C)OB(c2ccc(N(C(=O)C3CCC(=O)N3c3cc(C#N)ccn3)C(C(=O)NC3CC(F)(F)C3)c3ccccc3Cl)cc2F)OC1(C)C. The van der Waals surface area contributed by atoms with Gasteiger partial charge in [0.25, 0.3) is 11.8 Å². The topological polar surface area (TPSA) is 125 Å². The van der Waals surface area contributed by atoms with E-state index in [1.54, 1.807) is 12.1 Å². The van der Waals surface area contributed by atoms with Crippen LogP contribution in [0.15, 0.2) is 60.8 Å². The average molecular weight is 708 g/mol. The number of benzene rings is 2. The summed E-state index contributed by atoms with van der Waals surface area (Å²) in [7, 11) is -1.08. The molecule has 2 atom stereocenters. The van der Waals surface area contributed by atoms with Crippen LogP contribution in [0.3, 0.4) is 0 Å². The molecule has 3 heterocycles. The van der Waals surface area contributed by atoms with Gasteiger partial charge >= 0.3 is 7.12 Å². The number of nitrogens with one attached hydrogen (secondary N) is 1. The van der Waals surface area contributed by atoms with E-state index < -0.39 is 78.7 Å². The second-order valence-corrected chi connectivity index (χ2v) is 14.1. The Labute approximate surface area is 292 Å². The molecule has 2 unspecified atom stereocenters. The van der Waals surface area contributed by atoms with E-state index in [2.05, 4.69) is 10.3 Å². The number of aromatic nitrogens is 1. The molecular weight excluding hydrogens is 674 g/mol. The van der Waals surface area contributed by atoms with Gasteiger partial charge in [-0.15, -0.1) is 0 Å². The lowest BCUT2D eigenvalue weighted by atomic mass is 9.78. The van der Waals surface area contributed by atoms with Crippen LogP contribution in [0.4, 0.5) is 24.7 Å². The Kier molecular flexibility index (Phi) is 9.22. The first-order valence-corrected chi connectivity index (χ1v) is 16.5. The fourth-order valence-corrected chi connectivity index (χ4v) is 6.59. The summed E-state index contributed by atoms with van der Waals surface area (Å²) in [5.74, 6) is -5.79. The molecule has 2 aliphatic heterocycles. The molecule has 0 radical (unpaired) electrons. The van der Waals surface area contributed by atoms with Crippen molar-refractivity contribution < 1.29 is 36.9 Å². The number of hydrogen-bond donors (Lipinski definition) is 1. The van der Waals surface area contributed by atoms with E-state index in [0.717, 1.165) is 15.9 Å². The third-order valence-electron chi connectivity index (χ3n) is 9.77. The van der Waals surface area contributed by atoms with Crippen molar-refractivity contribution >= 4 is 53.4 Å². The number of pyridine rings is 1. The number of nitrogens with zero attached hydrogens (tertiary/aromatic N) is 4. The summed E-state index contributed by atoms with van der Waals surface area (Å²) < 4.78 is 55.9. The summed E-state index contributed by atoms with van der Waals surface area (Å²) in [4.78, 5) is 48.7. The summed E-state index contributed by atoms with van der Waals surface area (Å²) in [6.45, 7) is 7.28. The molecule has 1 aromatic heterocycles. The lowest BCUT2D eigenvalue weighted by molar-refractivity contribution is -0.133. The maximum absolute atomic E-state index is 16.2. The quantitative estimate of drug-likeness (QED) is 0.318. The van der Waals surface area contributed by atoms with Gasteiger partial charge < -0.3 is 14.6 Å². The lowest BCUT2D eigenvalue weighted by Crippen LogP contribution is -2.56. The minimum atomic E-state index is -2.95. The third-order valence-corrected chi connectivity index (χ3v) is 10.1. The van der Waals surface area contributed by atoms with Crippen molar-refractivity contribution in [1.29, 1.82) is 5.26 Å².